The van der Waals surface area contributed by atoms with Crippen molar-refractivity contribution in [3.63, 3.8) is 0 Å². The Morgan fingerprint density at radius 3 is 2.56 bits per heavy atom. The van der Waals surface area contributed by atoms with Gasteiger partial charge in [0.15, 0.2) is 5.82 Å². The number of carbonyl (C=O) groups is 1. The van der Waals surface area contributed by atoms with Crippen molar-refractivity contribution < 1.29 is 18.3 Å². The monoisotopic (exact) mass is 488 g/mol. The van der Waals surface area contributed by atoms with Gasteiger partial charge in [-0.3, -0.25) is 4.79 Å². The number of morpholine rings is 1. The Morgan fingerprint density at radius 1 is 1.08 bits per heavy atom. The van der Waals surface area contributed by atoms with E-state index >= 15 is 4.39 Å². The fourth-order valence-corrected chi connectivity index (χ4v) is 4.26. The van der Waals surface area contributed by atoms with Crippen LogP contribution in [0.15, 0.2) is 71.3 Å². The Morgan fingerprint density at radius 2 is 1.86 bits per heavy atom. The maximum Gasteiger partial charge on any atom is 0.274 e. The minimum atomic E-state index is -0.531. The molecule has 5 rings (SSSR count). The second kappa shape index (κ2) is 10.1. The van der Waals surface area contributed by atoms with Crippen LogP contribution in [0.1, 0.15) is 19.6 Å². The van der Waals surface area contributed by atoms with Crippen LogP contribution in [0.25, 0.3) is 23.2 Å². The maximum absolute atomic E-state index is 15.1. The lowest BCUT2D eigenvalue weighted by Crippen LogP contribution is -2.45. The van der Waals surface area contributed by atoms with E-state index in [0.29, 0.717) is 36.0 Å². The molecule has 4 aromatic rings. The number of furan rings is 1. The smallest absolute Gasteiger partial charge is 0.274 e. The molecule has 3 heterocycles. The molecule has 0 saturated carbocycles. The Hall–Kier alpha value is -4.31. The van der Waals surface area contributed by atoms with Crippen molar-refractivity contribution in [2.75, 3.05) is 23.3 Å². The summed E-state index contributed by atoms with van der Waals surface area (Å²) in [5.41, 5.74) is 1.60. The van der Waals surface area contributed by atoms with Crippen molar-refractivity contribution in [1.29, 1.82) is 0 Å². The highest BCUT2D eigenvalue weighted by Crippen LogP contribution is 2.27. The Balaban J connectivity index is 1.43. The summed E-state index contributed by atoms with van der Waals surface area (Å²) in [6, 6.07) is 17.3. The lowest BCUT2D eigenvalue weighted by atomic mass is 10.1. The zero-order chi connectivity index (χ0) is 25.1. The lowest BCUT2D eigenvalue weighted by molar-refractivity contribution is -0.111. The number of ether oxygens (including phenoxy) is 1. The van der Waals surface area contributed by atoms with Gasteiger partial charge in [0.2, 0.25) is 0 Å². The van der Waals surface area contributed by atoms with E-state index in [0.717, 1.165) is 5.56 Å². The van der Waals surface area contributed by atoms with Crippen molar-refractivity contribution in [1.82, 2.24) is 20.2 Å². The van der Waals surface area contributed by atoms with Crippen LogP contribution in [-0.2, 0) is 9.53 Å². The predicted molar refractivity (Wildman–Crippen MR) is 133 cm³/mol. The topological polar surface area (TPSA) is 98.3 Å². The highest BCUT2D eigenvalue weighted by molar-refractivity contribution is 6.24. The maximum atomic E-state index is 15.1. The Kier molecular flexibility index (Phi) is 6.59. The highest BCUT2D eigenvalue weighted by atomic mass is 19.1. The summed E-state index contributed by atoms with van der Waals surface area (Å²) in [4.78, 5) is 15.4. The first kappa shape index (κ1) is 23.4. The van der Waals surface area contributed by atoms with Crippen molar-refractivity contribution in [2.45, 2.75) is 26.1 Å². The average Bonchev–Trinajstić information content (AvgIpc) is 3.55. The molecule has 9 nitrogen and oxygen atoms in total. The normalized spacial score (nSPS) is 18.3. The first-order chi connectivity index (χ1) is 17.5. The van der Waals surface area contributed by atoms with Crippen LogP contribution in [0.4, 0.5) is 15.8 Å². The van der Waals surface area contributed by atoms with Crippen LogP contribution >= 0.6 is 0 Å². The first-order valence-electron chi connectivity index (χ1n) is 11.6. The van der Waals surface area contributed by atoms with Gasteiger partial charge in [0.1, 0.15) is 17.3 Å². The van der Waals surface area contributed by atoms with Crippen molar-refractivity contribution in [3.05, 3.63) is 78.5 Å². The quantitative estimate of drug-likeness (QED) is 0.404. The molecule has 0 radical (unpaired) electrons. The summed E-state index contributed by atoms with van der Waals surface area (Å²) < 4.78 is 27.6. The van der Waals surface area contributed by atoms with Crippen LogP contribution in [0.5, 0.6) is 0 Å². The number of tetrazole rings is 1. The van der Waals surface area contributed by atoms with E-state index in [2.05, 4.69) is 20.8 Å². The molecule has 1 fully saturated rings. The number of hydrogen-bond acceptors (Lipinski definition) is 7. The fourth-order valence-electron chi connectivity index (χ4n) is 4.26. The number of nitrogens with zero attached hydrogens (tertiary/aromatic N) is 5. The number of anilines is 2. The Bertz CT molecular complexity index is 1360. The van der Waals surface area contributed by atoms with E-state index in [4.69, 9.17) is 9.15 Å². The molecule has 1 amide bonds. The van der Waals surface area contributed by atoms with Crippen LogP contribution < -0.4 is 10.2 Å². The van der Waals surface area contributed by atoms with Gasteiger partial charge in [-0.25, -0.2) is 4.39 Å². The summed E-state index contributed by atoms with van der Waals surface area (Å²) in [6.45, 7) is 5.10. The summed E-state index contributed by atoms with van der Waals surface area (Å²) in [5, 5.41) is 14.7. The van der Waals surface area contributed by atoms with Crippen LogP contribution in [0.2, 0.25) is 0 Å². The minimum absolute atomic E-state index is 0.00285. The third kappa shape index (κ3) is 5.03. The fraction of sp³-hybridized carbons (Fsp3) is 0.231. The molecule has 184 valence electrons. The summed E-state index contributed by atoms with van der Waals surface area (Å²) in [7, 11) is 0. The summed E-state index contributed by atoms with van der Waals surface area (Å²) in [5.74, 6) is -0.151. The van der Waals surface area contributed by atoms with E-state index < -0.39 is 11.7 Å². The molecule has 0 bridgehead atoms. The zero-order valence-electron chi connectivity index (χ0n) is 19.8. The second-order valence-corrected chi connectivity index (χ2v) is 8.61. The lowest BCUT2D eigenvalue weighted by Gasteiger charge is -2.37. The van der Waals surface area contributed by atoms with Gasteiger partial charge < -0.3 is 19.4 Å². The molecule has 1 N–H and O–H groups in total. The molecule has 2 aromatic carbocycles. The zero-order valence-corrected chi connectivity index (χ0v) is 19.8. The van der Waals surface area contributed by atoms with Gasteiger partial charge in [-0.2, -0.15) is 4.68 Å². The Labute approximate surface area is 207 Å². The molecule has 2 aromatic heterocycles. The van der Waals surface area contributed by atoms with Crippen molar-refractivity contribution >= 4 is 29.1 Å². The standard InChI is InChI=1S/C26H25FN6O3/c1-17-15-32(16-18(2)36-17)23-11-10-20(13-22(23)27)28-26(34)24(14-21-9-6-12-35-21)33-25(29-30-31-33)19-7-4-3-5-8-19/h3-14,17-18H,15-16H2,1-2H3,(H,28,34)/b24-14-. The molecule has 1 aliphatic heterocycles. The van der Waals surface area contributed by atoms with E-state index in [1.165, 1.54) is 23.1 Å². The van der Waals surface area contributed by atoms with Gasteiger partial charge in [-0.1, -0.05) is 30.3 Å². The van der Waals surface area contributed by atoms with Crippen LogP contribution in [-0.4, -0.2) is 51.4 Å². The molecule has 1 saturated heterocycles. The molecule has 10 heteroatoms. The number of carbonyl (C=O) groups excluding carboxylic acids is 1. The minimum Gasteiger partial charge on any atom is -0.465 e. The van der Waals surface area contributed by atoms with Crippen molar-refractivity contribution in [2.24, 2.45) is 0 Å². The van der Waals surface area contributed by atoms with E-state index in [-0.39, 0.29) is 17.9 Å². The number of rotatable bonds is 6. The third-order valence-corrected chi connectivity index (χ3v) is 5.75. The number of amides is 1. The molecule has 0 spiro atoms. The molecule has 36 heavy (non-hydrogen) atoms. The largest absolute Gasteiger partial charge is 0.465 e. The average molecular weight is 489 g/mol. The molecule has 1 aliphatic rings. The number of benzene rings is 2. The number of aromatic nitrogens is 4. The van der Waals surface area contributed by atoms with Gasteiger partial charge in [0.25, 0.3) is 5.91 Å². The van der Waals surface area contributed by atoms with Gasteiger partial charge in [0.05, 0.1) is 24.2 Å². The van der Waals surface area contributed by atoms with E-state index in [1.807, 2.05) is 49.1 Å². The van der Waals surface area contributed by atoms with Gasteiger partial charge >= 0.3 is 0 Å². The SMILES string of the molecule is CC1CN(c2ccc(NC(=O)/C(=C/c3ccco3)n3nnnc3-c3ccccc3)cc2F)CC(C)O1. The number of hydrogen-bond donors (Lipinski definition) is 1. The first-order valence-corrected chi connectivity index (χ1v) is 11.6. The van der Waals surface area contributed by atoms with E-state index in [9.17, 15) is 4.79 Å². The molecular weight excluding hydrogens is 463 g/mol. The third-order valence-electron chi connectivity index (χ3n) is 5.75. The number of nitrogens with one attached hydrogen (secondary N) is 1. The molecule has 2 unspecified atom stereocenters. The molecular formula is C26H25FN6O3. The van der Waals surface area contributed by atoms with Gasteiger partial charge in [-0.15, -0.1) is 5.10 Å². The van der Waals surface area contributed by atoms with Crippen molar-refractivity contribution in [3.8, 4) is 11.4 Å². The summed E-state index contributed by atoms with van der Waals surface area (Å²) >= 11 is 0. The van der Waals surface area contributed by atoms with Gasteiger partial charge in [0, 0.05) is 30.4 Å². The van der Waals surface area contributed by atoms with E-state index in [1.54, 1.807) is 24.3 Å². The van der Waals surface area contributed by atoms with Crippen LogP contribution in [0.3, 0.4) is 0 Å². The highest BCUT2D eigenvalue weighted by Gasteiger charge is 2.25. The second-order valence-electron chi connectivity index (χ2n) is 8.61. The molecule has 0 aliphatic carbocycles. The summed E-state index contributed by atoms with van der Waals surface area (Å²) in [6.07, 6.45) is 3.02. The predicted octanol–water partition coefficient (Wildman–Crippen LogP) is 4.32. The van der Waals surface area contributed by atoms with Gasteiger partial charge in [-0.05, 0) is 54.6 Å². The number of halogens is 1. The van der Waals surface area contributed by atoms with Crippen LogP contribution in [0, 0.1) is 5.82 Å². The molecule has 2 atom stereocenters.